The van der Waals surface area contributed by atoms with Crippen LogP contribution in [0.15, 0.2) is 48.7 Å². The van der Waals surface area contributed by atoms with E-state index in [1.165, 1.54) is 0 Å². The summed E-state index contributed by atoms with van der Waals surface area (Å²) in [6.45, 7) is 7.25. The highest BCUT2D eigenvalue weighted by molar-refractivity contribution is 5.90. The molecule has 0 unspecified atom stereocenters. The lowest BCUT2D eigenvalue weighted by Crippen LogP contribution is -2.42. The first-order chi connectivity index (χ1) is 14.8. The maximum absolute atomic E-state index is 12.4. The summed E-state index contributed by atoms with van der Waals surface area (Å²) >= 11 is 0. The summed E-state index contributed by atoms with van der Waals surface area (Å²) in [5.74, 6) is 0.715. The van der Waals surface area contributed by atoms with Crippen LogP contribution in [0.2, 0.25) is 0 Å². The van der Waals surface area contributed by atoms with Gasteiger partial charge in [0.2, 0.25) is 11.8 Å². The molecular weight excluding hydrogens is 394 g/mol. The number of rotatable bonds is 6. The number of likely N-dealkylation sites (tertiary alicyclic amines) is 1. The number of hydrogen-bond acceptors (Lipinski definition) is 5. The molecule has 0 radical (unpaired) electrons. The van der Waals surface area contributed by atoms with Crippen molar-refractivity contribution in [1.82, 2.24) is 9.88 Å². The maximum Gasteiger partial charge on any atom is 0.410 e. The van der Waals surface area contributed by atoms with Gasteiger partial charge in [0, 0.05) is 25.6 Å². The average molecular weight is 426 g/mol. The van der Waals surface area contributed by atoms with Crippen molar-refractivity contribution >= 4 is 17.7 Å². The second-order valence-corrected chi connectivity index (χ2v) is 8.82. The minimum Gasteiger partial charge on any atom is -0.473 e. The van der Waals surface area contributed by atoms with Crippen LogP contribution in [0.5, 0.6) is 5.88 Å². The van der Waals surface area contributed by atoms with E-state index in [1.54, 1.807) is 23.2 Å². The van der Waals surface area contributed by atoms with Gasteiger partial charge < -0.3 is 19.7 Å². The van der Waals surface area contributed by atoms with Crippen LogP contribution in [0.1, 0.15) is 45.6 Å². The number of benzene rings is 1. The van der Waals surface area contributed by atoms with Gasteiger partial charge in [-0.1, -0.05) is 30.3 Å². The van der Waals surface area contributed by atoms with Gasteiger partial charge in [0.05, 0.1) is 11.9 Å². The minimum absolute atomic E-state index is 0.0459. The van der Waals surface area contributed by atoms with Crippen LogP contribution in [0.3, 0.4) is 0 Å². The van der Waals surface area contributed by atoms with Gasteiger partial charge in [-0.15, -0.1) is 0 Å². The Morgan fingerprint density at radius 3 is 2.42 bits per heavy atom. The van der Waals surface area contributed by atoms with E-state index >= 15 is 0 Å². The fourth-order valence-corrected chi connectivity index (χ4v) is 3.39. The quantitative estimate of drug-likeness (QED) is 0.729. The molecule has 0 saturated carbocycles. The Morgan fingerprint density at radius 2 is 1.81 bits per heavy atom. The van der Waals surface area contributed by atoms with Crippen molar-refractivity contribution in [2.75, 3.05) is 18.4 Å². The largest absolute Gasteiger partial charge is 0.473 e. The van der Waals surface area contributed by atoms with Crippen LogP contribution in [0.25, 0.3) is 0 Å². The zero-order valence-corrected chi connectivity index (χ0v) is 18.5. The van der Waals surface area contributed by atoms with Gasteiger partial charge in [0.15, 0.2) is 0 Å². The molecular formula is C24H31N3O4. The monoisotopic (exact) mass is 425 g/mol. The van der Waals surface area contributed by atoms with Crippen LogP contribution >= 0.6 is 0 Å². The number of pyridine rings is 1. The molecule has 1 aromatic carbocycles. The second kappa shape index (κ2) is 10.3. The lowest BCUT2D eigenvalue weighted by Gasteiger charge is -2.33. The summed E-state index contributed by atoms with van der Waals surface area (Å²) in [6, 6.07) is 13.4. The molecule has 0 aliphatic carbocycles. The van der Waals surface area contributed by atoms with Crippen LogP contribution in [-0.4, -0.2) is 40.6 Å². The van der Waals surface area contributed by atoms with E-state index < -0.39 is 5.60 Å². The average Bonchev–Trinajstić information content (AvgIpc) is 2.73. The molecule has 0 bridgehead atoms. The molecule has 166 valence electrons. The molecule has 2 amide bonds. The number of carbonyl (C=O) groups is 2. The van der Waals surface area contributed by atoms with E-state index in [0.717, 1.165) is 18.4 Å². The van der Waals surface area contributed by atoms with Crippen LogP contribution < -0.4 is 10.1 Å². The summed E-state index contributed by atoms with van der Waals surface area (Å²) in [6.07, 6.45) is 3.32. The molecule has 1 N–H and O–H groups in total. The van der Waals surface area contributed by atoms with E-state index in [9.17, 15) is 9.59 Å². The number of nitrogens with one attached hydrogen (secondary N) is 1. The van der Waals surface area contributed by atoms with Gasteiger partial charge in [0.1, 0.15) is 12.2 Å². The molecule has 1 fully saturated rings. The van der Waals surface area contributed by atoms with Gasteiger partial charge in [0.25, 0.3) is 0 Å². The molecule has 7 heteroatoms. The van der Waals surface area contributed by atoms with Crippen molar-refractivity contribution in [1.29, 1.82) is 0 Å². The molecule has 1 saturated heterocycles. The van der Waals surface area contributed by atoms with E-state index in [1.807, 2.05) is 51.1 Å². The smallest absolute Gasteiger partial charge is 0.410 e. The molecule has 2 aromatic rings. The number of hydrogen-bond donors (Lipinski definition) is 1. The number of amides is 2. The first-order valence-electron chi connectivity index (χ1n) is 10.7. The molecule has 2 heterocycles. The highest BCUT2D eigenvalue weighted by Gasteiger charge is 2.27. The number of carbonyl (C=O) groups excluding carboxylic acids is 2. The number of aromatic nitrogens is 1. The second-order valence-electron chi connectivity index (χ2n) is 8.82. The Hall–Kier alpha value is -3.09. The minimum atomic E-state index is -0.496. The Bertz CT molecular complexity index is 855. The third-order valence-electron chi connectivity index (χ3n) is 4.99. The van der Waals surface area contributed by atoms with Gasteiger partial charge in [-0.05, 0) is 51.2 Å². The highest BCUT2D eigenvalue weighted by atomic mass is 16.6. The zero-order valence-electron chi connectivity index (χ0n) is 18.5. The Morgan fingerprint density at radius 1 is 1.10 bits per heavy atom. The van der Waals surface area contributed by atoms with Crippen LogP contribution in [0.4, 0.5) is 10.5 Å². The van der Waals surface area contributed by atoms with Gasteiger partial charge in [-0.3, -0.25) is 4.79 Å². The Labute approximate surface area is 183 Å². The summed E-state index contributed by atoms with van der Waals surface area (Å²) in [4.78, 5) is 30.5. The van der Waals surface area contributed by atoms with Crippen molar-refractivity contribution in [3.05, 3.63) is 54.2 Å². The van der Waals surface area contributed by atoms with Crippen LogP contribution in [-0.2, 0) is 16.1 Å². The topological polar surface area (TPSA) is 80.8 Å². The van der Waals surface area contributed by atoms with Crippen molar-refractivity contribution in [2.24, 2.45) is 5.92 Å². The lowest BCUT2D eigenvalue weighted by atomic mass is 9.93. The fraction of sp³-hybridized carbons (Fsp3) is 0.458. The third kappa shape index (κ3) is 7.59. The summed E-state index contributed by atoms with van der Waals surface area (Å²) < 4.78 is 11.1. The van der Waals surface area contributed by atoms with Crippen molar-refractivity contribution in [3.8, 4) is 5.88 Å². The fourth-order valence-electron chi connectivity index (χ4n) is 3.39. The summed E-state index contributed by atoms with van der Waals surface area (Å²) in [5.41, 5.74) is 1.21. The summed E-state index contributed by atoms with van der Waals surface area (Å²) in [5, 5.41) is 2.89. The van der Waals surface area contributed by atoms with E-state index in [2.05, 4.69) is 10.3 Å². The lowest BCUT2D eigenvalue weighted by molar-refractivity contribution is -0.117. The predicted octanol–water partition coefficient (Wildman–Crippen LogP) is 4.64. The van der Waals surface area contributed by atoms with Gasteiger partial charge in [-0.25, -0.2) is 9.78 Å². The standard InChI is InChI=1S/C24H31N3O4/c1-24(2,3)31-23(29)27-13-11-18(12-14-27)15-21(28)26-20-9-10-22(25-16-20)30-17-19-7-5-4-6-8-19/h4-10,16,18H,11-15,17H2,1-3H3,(H,26,28). The van der Waals surface area contributed by atoms with E-state index in [0.29, 0.717) is 37.7 Å². The van der Waals surface area contributed by atoms with E-state index in [4.69, 9.17) is 9.47 Å². The highest BCUT2D eigenvalue weighted by Crippen LogP contribution is 2.23. The molecule has 0 atom stereocenters. The SMILES string of the molecule is CC(C)(C)OC(=O)N1CCC(CC(=O)Nc2ccc(OCc3ccccc3)nc2)CC1. The Kier molecular flexibility index (Phi) is 7.50. The molecule has 31 heavy (non-hydrogen) atoms. The molecule has 1 aromatic heterocycles. The number of anilines is 1. The van der Waals surface area contributed by atoms with Crippen molar-refractivity contribution < 1.29 is 19.1 Å². The van der Waals surface area contributed by atoms with E-state index in [-0.39, 0.29) is 17.9 Å². The predicted molar refractivity (Wildman–Crippen MR) is 119 cm³/mol. The molecule has 1 aliphatic rings. The van der Waals surface area contributed by atoms with Gasteiger partial charge in [-0.2, -0.15) is 0 Å². The third-order valence-corrected chi connectivity index (χ3v) is 4.99. The Balaban J connectivity index is 1.39. The maximum atomic E-state index is 12.4. The first kappa shape index (κ1) is 22.6. The zero-order chi connectivity index (χ0) is 22.3. The van der Waals surface area contributed by atoms with Crippen molar-refractivity contribution in [3.63, 3.8) is 0 Å². The molecule has 3 rings (SSSR count). The van der Waals surface area contributed by atoms with Crippen molar-refractivity contribution in [2.45, 2.75) is 52.2 Å². The van der Waals surface area contributed by atoms with Crippen LogP contribution in [0, 0.1) is 5.92 Å². The normalized spacial score (nSPS) is 14.7. The molecule has 7 nitrogen and oxygen atoms in total. The summed E-state index contributed by atoms with van der Waals surface area (Å²) in [7, 11) is 0. The molecule has 1 aliphatic heterocycles. The number of nitrogens with zero attached hydrogens (tertiary/aromatic N) is 2. The van der Waals surface area contributed by atoms with Gasteiger partial charge >= 0.3 is 6.09 Å². The molecule has 0 spiro atoms. The first-order valence-corrected chi connectivity index (χ1v) is 10.7. The number of piperidine rings is 1. The number of ether oxygens (including phenoxy) is 2.